The smallest absolute Gasteiger partial charge is 0.308 e. The predicted octanol–water partition coefficient (Wildman–Crippen LogP) is 4.12. The molecule has 1 heterocycles. The van der Waals surface area contributed by atoms with E-state index in [-0.39, 0.29) is 18.1 Å². The van der Waals surface area contributed by atoms with Gasteiger partial charge in [0, 0.05) is 31.9 Å². The van der Waals surface area contributed by atoms with Crippen molar-refractivity contribution in [1.29, 1.82) is 5.26 Å². The van der Waals surface area contributed by atoms with Crippen LogP contribution in [0.15, 0.2) is 36.4 Å². The van der Waals surface area contributed by atoms with Crippen LogP contribution in [0.4, 0.5) is 0 Å². The average Bonchev–Trinajstić information content (AvgIpc) is 3.26. The van der Waals surface area contributed by atoms with Crippen LogP contribution in [0.3, 0.4) is 0 Å². The van der Waals surface area contributed by atoms with Crippen LogP contribution in [0, 0.1) is 11.3 Å². The van der Waals surface area contributed by atoms with Crippen molar-refractivity contribution in [3.05, 3.63) is 58.9 Å². The summed E-state index contributed by atoms with van der Waals surface area (Å²) in [7, 11) is 0. The Balaban J connectivity index is 1.62. The zero-order chi connectivity index (χ0) is 24.3. The topological polar surface area (TPSA) is 123 Å². The minimum Gasteiger partial charge on any atom is -0.504 e. The number of nitriles is 1. The summed E-state index contributed by atoms with van der Waals surface area (Å²) in [6.07, 6.45) is 4.29. The molecule has 0 aliphatic carbocycles. The number of rotatable bonds is 12. The van der Waals surface area contributed by atoms with E-state index in [1.807, 2.05) is 37.3 Å². The quantitative estimate of drug-likeness (QED) is 0.242. The Morgan fingerprint density at radius 2 is 1.97 bits per heavy atom. The molecule has 0 saturated carbocycles. The number of hydrogen-bond donors (Lipinski definition) is 1. The normalized spacial score (nSPS) is 10.6. The molecular formula is C25H29N5O4. The van der Waals surface area contributed by atoms with E-state index in [1.54, 1.807) is 10.7 Å². The molecular weight excluding hydrogens is 434 g/mol. The molecule has 3 aromatic rings. The first-order chi connectivity index (χ1) is 16.5. The van der Waals surface area contributed by atoms with Crippen LogP contribution in [-0.4, -0.2) is 31.3 Å². The number of esters is 1. The van der Waals surface area contributed by atoms with Crippen LogP contribution in [0.2, 0.25) is 0 Å². The summed E-state index contributed by atoms with van der Waals surface area (Å²) in [6.45, 7) is 4.29. The highest BCUT2D eigenvalue weighted by atomic mass is 16.5. The number of hydrogen-bond acceptors (Lipinski definition) is 8. The number of carbonyl (C=O) groups is 1. The number of benzene rings is 2. The molecule has 1 N–H and O–H groups in total. The predicted molar refractivity (Wildman–Crippen MR) is 124 cm³/mol. The van der Waals surface area contributed by atoms with Crippen molar-refractivity contribution < 1.29 is 19.4 Å². The number of phenolic OH excluding ortho intramolecular Hbond substituents is 1. The maximum absolute atomic E-state index is 11.3. The molecule has 34 heavy (non-hydrogen) atoms. The van der Waals surface area contributed by atoms with Gasteiger partial charge >= 0.3 is 5.97 Å². The van der Waals surface area contributed by atoms with E-state index in [1.165, 1.54) is 6.92 Å². The lowest BCUT2D eigenvalue weighted by molar-refractivity contribution is -0.132. The van der Waals surface area contributed by atoms with Gasteiger partial charge in [0.25, 0.3) is 0 Å². The fourth-order valence-electron chi connectivity index (χ4n) is 3.59. The van der Waals surface area contributed by atoms with Crippen LogP contribution >= 0.6 is 0 Å². The molecule has 2 aromatic carbocycles. The van der Waals surface area contributed by atoms with Crippen molar-refractivity contribution in [2.75, 3.05) is 0 Å². The Kier molecular flexibility index (Phi) is 8.97. The second kappa shape index (κ2) is 12.3. The van der Waals surface area contributed by atoms with E-state index in [0.29, 0.717) is 31.6 Å². The standard InChI is InChI=1S/C25H29N5O4/c1-3-7-22-20(10-13-23(25(22)32)34-18(2)31)17-33-21-11-8-19(9-12-21)16-24-27-28-29-30(24)15-6-4-5-14-26/h8-13,32H,3-7,15-17H2,1-2H3. The fraction of sp³-hybridized carbons (Fsp3) is 0.400. The number of phenols is 1. The molecule has 1 aromatic heterocycles. The van der Waals surface area contributed by atoms with Gasteiger partial charge in [-0.2, -0.15) is 5.26 Å². The molecule has 0 aliphatic rings. The third kappa shape index (κ3) is 6.78. The Bertz CT molecular complexity index is 1140. The monoisotopic (exact) mass is 463 g/mol. The second-order valence-corrected chi connectivity index (χ2v) is 7.94. The number of aromatic hydroxyl groups is 1. The van der Waals surface area contributed by atoms with Gasteiger partial charge in [-0.3, -0.25) is 4.79 Å². The van der Waals surface area contributed by atoms with Crippen molar-refractivity contribution >= 4 is 5.97 Å². The lowest BCUT2D eigenvalue weighted by Crippen LogP contribution is -2.07. The largest absolute Gasteiger partial charge is 0.504 e. The molecule has 0 unspecified atom stereocenters. The Morgan fingerprint density at radius 1 is 1.18 bits per heavy atom. The number of carbonyl (C=O) groups excluding carboxylic acids is 1. The van der Waals surface area contributed by atoms with Crippen LogP contribution < -0.4 is 9.47 Å². The maximum Gasteiger partial charge on any atom is 0.308 e. The van der Waals surface area contributed by atoms with Crippen LogP contribution in [0.25, 0.3) is 0 Å². The molecule has 0 atom stereocenters. The molecule has 178 valence electrons. The van der Waals surface area contributed by atoms with Crippen molar-refractivity contribution in [2.45, 2.75) is 65.5 Å². The summed E-state index contributed by atoms with van der Waals surface area (Å²) in [5.74, 6) is 1.15. The lowest BCUT2D eigenvalue weighted by Gasteiger charge is -2.15. The summed E-state index contributed by atoms with van der Waals surface area (Å²) in [6, 6.07) is 13.3. The van der Waals surface area contributed by atoms with Crippen LogP contribution in [0.1, 0.15) is 62.0 Å². The molecule has 0 fully saturated rings. The van der Waals surface area contributed by atoms with Crippen molar-refractivity contribution in [2.24, 2.45) is 0 Å². The van der Waals surface area contributed by atoms with Gasteiger partial charge in [-0.15, -0.1) is 5.10 Å². The molecule has 0 aliphatic heterocycles. The van der Waals surface area contributed by atoms with Gasteiger partial charge < -0.3 is 14.6 Å². The van der Waals surface area contributed by atoms with Gasteiger partial charge in [0.15, 0.2) is 17.3 Å². The summed E-state index contributed by atoms with van der Waals surface area (Å²) >= 11 is 0. The molecule has 9 nitrogen and oxygen atoms in total. The second-order valence-electron chi connectivity index (χ2n) is 7.94. The third-order valence-electron chi connectivity index (χ3n) is 5.29. The third-order valence-corrected chi connectivity index (χ3v) is 5.29. The van der Waals surface area contributed by atoms with Crippen molar-refractivity contribution in [3.63, 3.8) is 0 Å². The van der Waals surface area contributed by atoms with E-state index in [9.17, 15) is 9.90 Å². The fourth-order valence-corrected chi connectivity index (χ4v) is 3.59. The van der Waals surface area contributed by atoms with E-state index >= 15 is 0 Å². The molecule has 0 saturated heterocycles. The SMILES string of the molecule is CCCc1c(COc2ccc(Cc3nnnn3CCCCC#N)cc2)ccc(OC(C)=O)c1O. The highest BCUT2D eigenvalue weighted by Gasteiger charge is 2.15. The molecule has 0 spiro atoms. The number of unbranched alkanes of at least 4 members (excludes halogenated alkanes) is 2. The summed E-state index contributed by atoms with van der Waals surface area (Å²) in [5, 5.41) is 31.1. The van der Waals surface area contributed by atoms with Crippen molar-refractivity contribution in [1.82, 2.24) is 20.2 Å². The Labute approximate surface area is 198 Å². The van der Waals surface area contributed by atoms with E-state index in [4.69, 9.17) is 14.7 Å². The highest BCUT2D eigenvalue weighted by molar-refractivity contribution is 5.71. The number of nitrogens with zero attached hydrogens (tertiary/aromatic N) is 5. The van der Waals surface area contributed by atoms with E-state index in [0.717, 1.165) is 41.8 Å². The summed E-state index contributed by atoms with van der Waals surface area (Å²) < 4.78 is 12.8. The zero-order valence-electron chi connectivity index (χ0n) is 19.5. The first-order valence-corrected chi connectivity index (χ1v) is 11.4. The molecule has 0 amide bonds. The van der Waals surface area contributed by atoms with Gasteiger partial charge in [0.05, 0.1) is 6.07 Å². The van der Waals surface area contributed by atoms with Crippen molar-refractivity contribution in [3.8, 4) is 23.3 Å². The Morgan fingerprint density at radius 3 is 2.68 bits per heavy atom. The lowest BCUT2D eigenvalue weighted by atomic mass is 10.0. The van der Waals surface area contributed by atoms with E-state index < -0.39 is 5.97 Å². The number of tetrazole rings is 1. The first-order valence-electron chi connectivity index (χ1n) is 11.4. The average molecular weight is 464 g/mol. The minimum atomic E-state index is -0.477. The van der Waals surface area contributed by atoms with Gasteiger partial charge in [-0.1, -0.05) is 31.5 Å². The molecule has 3 rings (SSSR count). The zero-order valence-corrected chi connectivity index (χ0v) is 19.5. The maximum atomic E-state index is 11.3. The van der Waals surface area contributed by atoms with Gasteiger partial charge in [0.1, 0.15) is 12.4 Å². The Hall–Kier alpha value is -3.93. The molecule has 0 radical (unpaired) electrons. The first kappa shape index (κ1) is 24.7. The number of aromatic nitrogens is 4. The van der Waals surface area contributed by atoms with E-state index in [2.05, 4.69) is 21.6 Å². The molecule has 0 bridgehead atoms. The van der Waals surface area contributed by atoms with Gasteiger partial charge in [0.2, 0.25) is 0 Å². The van der Waals surface area contributed by atoms with Gasteiger partial charge in [-0.05, 0) is 59.0 Å². The number of aryl methyl sites for hydroxylation is 1. The highest BCUT2D eigenvalue weighted by Crippen LogP contribution is 2.34. The summed E-state index contributed by atoms with van der Waals surface area (Å²) in [5.41, 5.74) is 2.62. The minimum absolute atomic E-state index is 0.0150. The summed E-state index contributed by atoms with van der Waals surface area (Å²) in [4.78, 5) is 11.3. The van der Waals surface area contributed by atoms with Gasteiger partial charge in [-0.25, -0.2) is 4.68 Å². The number of ether oxygens (including phenoxy) is 2. The molecule has 9 heteroatoms. The van der Waals surface area contributed by atoms with Crippen LogP contribution in [-0.2, 0) is 30.8 Å². The van der Waals surface area contributed by atoms with Crippen LogP contribution in [0.5, 0.6) is 17.2 Å².